The van der Waals surface area contributed by atoms with E-state index in [1.807, 2.05) is 0 Å². The Labute approximate surface area is 91.4 Å². The minimum Gasteiger partial charge on any atom is -0.497 e. The monoisotopic (exact) mass is 222 g/mol. The van der Waals surface area contributed by atoms with E-state index in [-0.39, 0.29) is 0 Å². The van der Waals surface area contributed by atoms with E-state index in [9.17, 15) is 15.0 Å². The summed E-state index contributed by atoms with van der Waals surface area (Å²) in [5, 5.41) is 22.9. The van der Waals surface area contributed by atoms with Crippen LogP contribution in [0.4, 0.5) is 5.69 Å². The molecule has 6 nitrogen and oxygen atoms in total. The number of hydrogen-bond acceptors (Lipinski definition) is 5. The van der Waals surface area contributed by atoms with Crippen LogP contribution in [0.15, 0.2) is 29.4 Å². The quantitative estimate of drug-likeness (QED) is 0.673. The van der Waals surface area contributed by atoms with Crippen LogP contribution in [0.25, 0.3) is 0 Å². The van der Waals surface area contributed by atoms with Crippen molar-refractivity contribution in [2.75, 3.05) is 12.1 Å². The van der Waals surface area contributed by atoms with Crippen molar-refractivity contribution in [2.24, 2.45) is 5.10 Å². The second-order valence-electron chi connectivity index (χ2n) is 3.29. The lowest BCUT2D eigenvalue weighted by Crippen LogP contribution is -2.42. The Morgan fingerprint density at radius 2 is 1.94 bits per heavy atom. The molecule has 0 unspecified atom stereocenters. The van der Waals surface area contributed by atoms with Crippen molar-refractivity contribution >= 4 is 17.8 Å². The van der Waals surface area contributed by atoms with Gasteiger partial charge in [0.05, 0.1) is 19.0 Å². The van der Waals surface area contributed by atoms with Crippen molar-refractivity contribution in [1.82, 2.24) is 0 Å². The molecule has 0 spiro atoms. The first-order chi connectivity index (χ1) is 7.54. The summed E-state index contributed by atoms with van der Waals surface area (Å²) in [4.78, 5) is 11.5. The highest BCUT2D eigenvalue weighted by Gasteiger charge is 2.41. The second-order valence-corrected chi connectivity index (χ2v) is 3.29. The van der Waals surface area contributed by atoms with E-state index < -0.39 is 11.7 Å². The van der Waals surface area contributed by atoms with Crippen molar-refractivity contribution < 1.29 is 19.7 Å². The molecule has 0 fully saturated rings. The highest BCUT2D eigenvalue weighted by molar-refractivity contribution is 6.12. The van der Waals surface area contributed by atoms with E-state index in [0.717, 1.165) is 11.2 Å². The Balaban J connectivity index is 2.26. The summed E-state index contributed by atoms with van der Waals surface area (Å²) in [5.41, 5.74) is 0.437. The van der Waals surface area contributed by atoms with Crippen LogP contribution in [0.1, 0.15) is 0 Å². The molecule has 1 aliphatic heterocycles. The van der Waals surface area contributed by atoms with Crippen molar-refractivity contribution in [3.63, 3.8) is 0 Å². The molecular weight excluding hydrogens is 212 g/mol. The van der Waals surface area contributed by atoms with Gasteiger partial charge in [-0.25, -0.2) is 0 Å². The van der Waals surface area contributed by atoms with Crippen LogP contribution in [0, 0.1) is 0 Å². The average Bonchev–Trinajstić information content (AvgIpc) is 2.55. The predicted octanol–water partition coefficient (Wildman–Crippen LogP) is -0.292. The SMILES string of the molecule is COc1ccc(N2N=CC(O)(O)C2=O)cc1. The van der Waals surface area contributed by atoms with Gasteiger partial charge in [0.25, 0.3) is 5.79 Å². The van der Waals surface area contributed by atoms with Gasteiger partial charge in [-0.1, -0.05) is 0 Å². The zero-order chi connectivity index (χ0) is 11.8. The van der Waals surface area contributed by atoms with Crippen LogP contribution in [0.5, 0.6) is 5.75 Å². The van der Waals surface area contributed by atoms with E-state index in [1.54, 1.807) is 24.3 Å². The van der Waals surface area contributed by atoms with Gasteiger partial charge in [0.2, 0.25) is 0 Å². The molecular formula is C10H10N2O4. The Bertz CT molecular complexity index is 439. The molecule has 0 saturated carbocycles. The van der Waals surface area contributed by atoms with Crippen LogP contribution in [-0.2, 0) is 4.79 Å². The average molecular weight is 222 g/mol. The van der Waals surface area contributed by atoms with Crippen LogP contribution in [0.2, 0.25) is 0 Å². The highest BCUT2D eigenvalue weighted by Crippen LogP contribution is 2.24. The van der Waals surface area contributed by atoms with Gasteiger partial charge in [0.15, 0.2) is 0 Å². The molecule has 0 bridgehead atoms. The van der Waals surface area contributed by atoms with E-state index in [1.165, 1.54) is 7.11 Å². The van der Waals surface area contributed by atoms with Gasteiger partial charge >= 0.3 is 5.91 Å². The molecule has 1 aliphatic rings. The number of anilines is 1. The molecule has 84 valence electrons. The summed E-state index contributed by atoms with van der Waals surface area (Å²) in [7, 11) is 1.53. The molecule has 0 aliphatic carbocycles. The van der Waals surface area contributed by atoms with Gasteiger partial charge in [0, 0.05) is 0 Å². The molecule has 1 aromatic carbocycles. The molecule has 1 amide bonds. The van der Waals surface area contributed by atoms with Crippen molar-refractivity contribution in [1.29, 1.82) is 0 Å². The Hall–Kier alpha value is -1.92. The van der Waals surface area contributed by atoms with Crippen molar-refractivity contribution in [3.05, 3.63) is 24.3 Å². The summed E-state index contributed by atoms with van der Waals surface area (Å²) >= 11 is 0. The number of nitrogens with zero attached hydrogens (tertiary/aromatic N) is 2. The number of hydrazone groups is 1. The van der Waals surface area contributed by atoms with Crippen LogP contribution in [-0.4, -0.2) is 35.2 Å². The number of methoxy groups -OCH3 is 1. The predicted molar refractivity (Wildman–Crippen MR) is 56.1 cm³/mol. The summed E-state index contributed by atoms with van der Waals surface area (Å²) in [6.07, 6.45) is 0.777. The summed E-state index contributed by atoms with van der Waals surface area (Å²) in [6.45, 7) is 0. The summed E-state index contributed by atoms with van der Waals surface area (Å²) < 4.78 is 4.96. The summed E-state index contributed by atoms with van der Waals surface area (Å²) in [6, 6.07) is 6.48. The van der Waals surface area contributed by atoms with Gasteiger partial charge in [-0.15, -0.1) is 0 Å². The normalized spacial score (nSPS) is 17.9. The number of carbonyl (C=O) groups excluding carboxylic acids is 1. The van der Waals surface area contributed by atoms with E-state index in [0.29, 0.717) is 11.4 Å². The maximum absolute atomic E-state index is 11.5. The van der Waals surface area contributed by atoms with E-state index in [2.05, 4.69) is 5.10 Å². The number of carbonyl (C=O) groups is 1. The van der Waals surface area contributed by atoms with E-state index in [4.69, 9.17) is 4.74 Å². The van der Waals surface area contributed by atoms with Gasteiger partial charge in [-0.3, -0.25) is 4.79 Å². The first kappa shape index (κ1) is 10.6. The lowest BCUT2D eigenvalue weighted by atomic mass is 10.2. The van der Waals surface area contributed by atoms with Gasteiger partial charge in [0.1, 0.15) is 5.75 Å². The first-order valence-corrected chi connectivity index (χ1v) is 4.53. The molecule has 0 radical (unpaired) electrons. The third-order valence-corrected chi connectivity index (χ3v) is 2.18. The lowest BCUT2D eigenvalue weighted by Gasteiger charge is -2.15. The minimum atomic E-state index is -2.51. The topological polar surface area (TPSA) is 82.4 Å². The lowest BCUT2D eigenvalue weighted by molar-refractivity contribution is -0.155. The molecule has 0 atom stereocenters. The van der Waals surface area contributed by atoms with Gasteiger partial charge in [-0.2, -0.15) is 10.1 Å². The van der Waals surface area contributed by atoms with Crippen molar-refractivity contribution in [3.8, 4) is 5.75 Å². The zero-order valence-corrected chi connectivity index (χ0v) is 8.49. The van der Waals surface area contributed by atoms with Gasteiger partial charge < -0.3 is 14.9 Å². The molecule has 0 aromatic heterocycles. The molecule has 0 saturated heterocycles. The van der Waals surface area contributed by atoms with Crippen molar-refractivity contribution in [2.45, 2.75) is 5.79 Å². The fourth-order valence-corrected chi connectivity index (χ4v) is 1.31. The zero-order valence-electron chi connectivity index (χ0n) is 8.49. The first-order valence-electron chi connectivity index (χ1n) is 4.53. The number of amides is 1. The molecule has 2 rings (SSSR count). The maximum atomic E-state index is 11.5. The number of hydrogen-bond donors (Lipinski definition) is 2. The summed E-state index contributed by atoms with van der Waals surface area (Å²) in [5.74, 6) is -2.78. The number of rotatable bonds is 2. The minimum absolute atomic E-state index is 0.437. The third kappa shape index (κ3) is 1.64. The number of ether oxygens (including phenoxy) is 1. The van der Waals surface area contributed by atoms with Crippen LogP contribution >= 0.6 is 0 Å². The fraction of sp³-hybridized carbons (Fsp3) is 0.200. The Morgan fingerprint density at radius 1 is 1.31 bits per heavy atom. The van der Waals surface area contributed by atoms with Gasteiger partial charge in [-0.05, 0) is 24.3 Å². The molecule has 2 N–H and O–H groups in total. The Kier molecular flexibility index (Phi) is 2.37. The molecule has 16 heavy (non-hydrogen) atoms. The van der Waals surface area contributed by atoms with Crippen LogP contribution in [0.3, 0.4) is 0 Å². The number of benzene rings is 1. The smallest absolute Gasteiger partial charge is 0.313 e. The maximum Gasteiger partial charge on any atom is 0.313 e. The standard InChI is InChI=1S/C10H10N2O4/c1-16-8-4-2-7(3-5-8)12-9(13)10(14,15)6-11-12/h2-6,14-15H,1H3. The largest absolute Gasteiger partial charge is 0.497 e. The highest BCUT2D eigenvalue weighted by atomic mass is 16.5. The second kappa shape index (κ2) is 3.58. The fourth-order valence-electron chi connectivity index (χ4n) is 1.31. The number of aliphatic hydroxyl groups is 2. The molecule has 1 aromatic rings. The molecule has 6 heteroatoms. The third-order valence-electron chi connectivity index (χ3n) is 2.18. The Morgan fingerprint density at radius 3 is 2.38 bits per heavy atom. The van der Waals surface area contributed by atoms with E-state index >= 15 is 0 Å². The molecule has 1 heterocycles. The van der Waals surface area contributed by atoms with Crippen LogP contribution < -0.4 is 9.75 Å².